The first-order chi connectivity index (χ1) is 11.5. The zero-order valence-electron chi connectivity index (χ0n) is 13.4. The first-order valence-electron chi connectivity index (χ1n) is 7.32. The van der Waals surface area contributed by atoms with Crippen molar-refractivity contribution >= 4 is 34.8 Å². The zero-order valence-corrected chi connectivity index (χ0v) is 14.2. The predicted octanol–water partition coefficient (Wildman–Crippen LogP) is 2.22. The van der Waals surface area contributed by atoms with Crippen molar-refractivity contribution in [2.24, 2.45) is 0 Å². The van der Waals surface area contributed by atoms with E-state index in [0.29, 0.717) is 17.7 Å². The van der Waals surface area contributed by atoms with Crippen LogP contribution in [0.15, 0.2) is 41.8 Å². The van der Waals surface area contributed by atoms with Crippen molar-refractivity contribution in [1.82, 2.24) is 5.32 Å². The third-order valence-electron chi connectivity index (χ3n) is 3.24. The van der Waals surface area contributed by atoms with E-state index < -0.39 is 17.8 Å². The molecular formula is C17H18N2O4S. The van der Waals surface area contributed by atoms with E-state index in [9.17, 15) is 14.4 Å². The fourth-order valence-electron chi connectivity index (χ4n) is 2.07. The van der Waals surface area contributed by atoms with Crippen molar-refractivity contribution in [3.63, 3.8) is 0 Å². The van der Waals surface area contributed by atoms with E-state index in [-0.39, 0.29) is 6.04 Å². The molecule has 0 aliphatic heterocycles. The van der Waals surface area contributed by atoms with Crippen LogP contribution >= 0.6 is 11.3 Å². The summed E-state index contributed by atoms with van der Waals surface area (Å²) in [5, 5.41) is 7.11. The molecule has 2 rings (SSSR count). The maximum atomic E-state index is 11.9. The van der Waals surface area contributed by atoms with Gasteiger partial charge in [-0.15, -0.1) is 11.3 Å². The topological polar surface area (TPSA) is 84.5 Å². The van der Waals surface area contributed by atoms with Crippen LogP contribution in [0.2, 0.25) is 0 Å². The van der Waals surface area contributed by atoms with Crippen LogP contribution in [0.3, 0.4) is 0 Å². The first-order valence-corrected chi connectivity index (χ1v) is 8.20. The van der Waals surface area contributed by atoms with Crippen molar-refractivity contribution in [2.75, 3.05) is 12.4 Å². The quantitative estimate of drug-likeness (QED) is 0.642. The molecule has 1 aromatic heterocycles. The van der Waals surface area contributed by atoms with Crippen LogP contribution in [-0.4, -0.2) is 30.9 Å². The number of ether oxygens (including phenoxy) is 1. The molecule has 24 heavy (non-hydrogen) atoms. The highest BCUT2D eigenvalue weighted by molar-refractivity contribution is 7.09. The van der Waals surface area contributed by atoms with E-state index in [1.807, 2.05) is 24.4 Å². The highest BCUT2D eigenvalue weighted by Crippen LogP contribution is 2.12. The van der Waals surface area contributed by atoms with Crippen LogP contribution in [0.4, 0.5) is 5.69 Å². The highest BCUT2D eigenvalue weighted by Gasteiger charge is 2.17. The van der Waals surface area contributed by atoms with Gasteiger partial charge in [-0.05, 0) is 42.6 Å². The molecule has 0 radical (unpaired) electrons. The maximum Gasteiger partial charge on any atom is 0.337 e. The van der Waals surface area contributed by atoms with Gasteiger partial charge >= 0.3 is 17.8 Å². The van der Waals surface area contributed by atoms with Crippen molar-refractivity contribution < 1.29 is 19.1 Å². The molecule has 126 valence electrons. The van der Waals surface area contributed by atoms with Gasteiger partial charge in [-0.3, -0.25) is 9.59 Å². The monoisotopic (exact) mass is 346 g/mol. The predicted molar refractivity (Wildman–Crippen MR) is 92.0 cm³/mol. The van der Waals surface area contributed by atoms with E-state index in [0.717, 1.165) is 4.88 Å². The average molecular weight is 346 g/mol. The van der Waals surface area contributed by atoms with Gasteiger partial charge in [0.1, 0.15) is 0 Å². The fourth-order valence-corrected chi connectivity index (χ4v) is 2.90. The molecule has 2 N–H and O–H groups in total. The molecule has 0 spiro atoms. The molecule has 0 bridgehead atoms. The van der Waals surface area contributed by atoms with Gasteiger partial charge < -0.3 is 15.4 Å². The third-order valence-corrected chi connectivity index (χ3v) is 4.13. The Kier molecular flexibility index (Phi) is 6.08. The summed E-state index contributed by atoms with van der Waals surface area (Å²) in [6, 6.07) is 9.87. The Morgan fingerprint density at radius 1 is 1.12 bits per heavy atom. The second-order valence-corrected chi connectivity index (χ2v) is 6.21. The number of hydrogen-bond donors (Lipinski definition) is 2. The van der Waals surface area contributed by atoms with Crippen LogP contribution in [0.25, 0.3) is 0 Å². The molecule has 0 saturated heterocycles. The zero-order chi connectivity index (χ0) is 17.5. The van der Waals surface area contributed by atoms with E-state index >= 15 is 0 Å². The number of carbonyl (C=O) groups is 3. The lowest BCUT2D eigenvalue weighted by atomic mass is 10.2. The number of esters is 1. The van der Waals surface area contributed by atoms with Gasteiger partial charge in [0.25, 0.3) is 0 Å². The SMILES string of the molecule is COC(=O)c1ccc(NC(=O)C(=O)NC(C)Cc2cccs2)cc1. The number of anilines is 1. The van der Waals surface area contributed by atoms with Crippen LogP contribution in [0, 0.1) is 0 Å². The molecule has 6 nitrogen and oxygen atoms in total. The Morgan fingerprint density at radius 2 is 1.83 bits per heavy atom. The Hall–Kier alpha value is -2.67. The van der Waals surface area contributed by atoms with Crippen LogP contribution in [-0.2, 0) is 20.7 Å². The molecular weight excluding hydrogens is 328 g/mol. The lowest BCUT2D eigenvalue weighted by Gasteiger charge is -2.13. The standard InChI is InChI=1S/C17H18N2O4S/c1-11(10-14-4-3-9-24-14)18-15(20)16(21)19-13-7-5-12(6-8-13)17(22)23-2/h3-9,11H,10H2,1-2H3,(H,18,20)(H,19,21). The van der Waals surface area contributed by atoms with E-state index in [4.69, 9.17) is 0 Å². The molecule has 2 amide bonds. The lowest BCUT2D eigenvalue weighted by molar-refractivity contribution is -0.136. The molecule has 0 fully saturated rings. The van der Waals surface area contributed by atoms with Crippen molar-refractivity contribution in [3.8, 4) is 0 Å². The second kappa shape index (κ2) is 8.26. The molecule has 1 heterocycles. The van der Waals surface area contributed by atoms with Crippen LogP contribution in [0.1, 0.15) is 22.2 Å². The summed E-state index contributed by atoms with van der Waals surface area (Å²) in [5.41, 5.74) is 0.790. The summed E-state index contributed by atoms with van der Waals surface area (Å²) in [6.07, 6.45) is 0.671. The Labute approximate surface area is 143 Å². The Balaban J connectivity index is 1.86. The van der Waals surface area contributed by atoms with E-state index in [1.54, 1.807) is 11.3 Å². The minimum Gasteiger partial charge on any atom is -0.465 e. The summed E-state index contributed by atoms with van der Waals surface area (Å²) in [4.78, 5) is 36.3. The molecule has 1 aromatic carbocycles. The minimum atomic E-state index is -0.751. The normalized spacial score (nSPS) is 11.4. The molecule has 0 aliphatic carbocycles. The van der Waals surface area contributed by atoms with Gasteiger partial charge in [-0.2, -0.15) is 0 Å². The van der Waals surface area contributed by atoms with Gasteiger partial charge in [-0.1, -0.05) is 6.07 Å². The largest absolute Gasteiger partial charge is 0.465 e. The minimum absolute atomic E-state index is 0.149. The number of hydrogen-bond acceptors (Lipinski definition) is 5. The average Bonchev–Trinajstić information content (AvgIpc) is 3.07. The van der Waals surface area contributed by atoms with Gasteiger partial charge in [0.15, 0.2) is 0 Å². The van der Waals surface area contributed by atoms with Crippen molar-refractivity contribution in [3.05, 3.63) is 52.2 Å². The fraction of sp³-hybridized carbons (Fsp3) is 0.235. The van der Waals surface area contributed by atoms with Gasteiger partial charge in [0.2, 0.25) is 0 Å². The number of rotatable bonds is 5. The molecule has 2 aromatic rings. The number of thiophene rings is 1. The smallest absolute Gasteiger partial charge is 0.337 e. The summed E-state index contributed by atoms with van der Waals surface area (Å²) in [5.74, 6) is -1.91. The van der Waals surface area contributed by atoms with Crippen LogP contribution in [0.5, 0.6) is 0 Å². The number of carbonyl (C=O) groups excluding carboxylic acids is 3. The van der Waals surface area contributed by atoms with Gasteiger partial charge in [-0.25, -0.2) is 4.79 Å². The van der Waals surface area contributed by atoms with Gasteiger partial charge in [0, 0.05) is 23.0 Å². The molecule has 1 unspecified atom stereocenters. The molecule has 1 atom stereocenters. The number of amides is 2. The second-order valence-electron chi connectivity index (χ2n) is 5.18. The Bertz CT molecular complexity index is 711. The summed E-state index contributed by atoms with van der Waals surface area (Å²) < 4.78 is 4.59. The van der Waals surface area contributed by atoms with Crippen molar-refractivity contribution in [2.45, 2.75) is 19.4 Å². The highest BCUT2D eigenvalue weighted by atomic mass is 32.1. The number of nitrogens with one attached hydrogen (secondary N) is 2. The molecule has 7 heteroatoms. The van der Waals surface area contributed by atoms with Gasteiger partial charge in [0.05, 0.1) is 12.7 Å². The molecule has 0 aliphatic rings. The summed E-state index contributed by atoms with van der Waals surface area (Å²) >= 11 is 1.61. The number of methoxy groups -OCH3 is 1. The summed E-state index contributed by atoms with van der Waals surface area (Å²) in [6.45, 7) is 1.84. The molecule has 0 saturated carbocycles. The third kappa shape index (κ3) is 4.92. The van der Waals surface area contributed by atoms with Crippen molar-refractivity contribution in [1.29, 1.82) is 0 Å². The van der Waals surface area contributed by atoms with E-state index in [2.05, 4.69) is 15.4 Å². The number of benzene rings is 1. The summed E-state index contributed by atoms with van der Waals surface area (Å²) in [7, 11) is 1.29. The Morgan fingerprint density at radius 3 is 2.42 bits per heavy atom. The maximum absolute atomic E-state index is 11.9. The first kappa shape index (κ1) is 17.7. The van der Waals surface area contributed by atoms with Crippen LogP contribution < -0.4 is 10.6 Å². The lowest BCUT2D eigenvalue weighted by Crippen LogP contribution is -2.41. The van der Waals surface area contributed by atoms with E-state index in [1.165, 1.54) is 31.4 Å².